The first kappa shape index (κ1) is 19.6. The van der Waals surface area contributed by atoms with E-state index >= 15 is 0 Å². The Morgan fingerprint density at radius 2 is 1.87 bits per heavy atom. The van der Waals surface area contributed by atoms with Crippen molar-refractivity contribution in [3.63, 3.8) is 0 Å². The molecule has 8 nitrogen and oxygen atoms in total. The van der Waals surface area contributed by atoms with E-state index in [0.717, 1.165) is 11.4 Å². The maximum Gasteiger partial charge on any atom is 0.416 e. The fraction of sp³-hybridized carbons (Fsp3) is 0.318. The van der Waals surface area contributed by atoms with Crippen LogP contribution in [0.5, 0.6) is 0 Å². The van der Waals surface area contributed by atoms with Crippen LogP contribution in [0.15, 0.2) is 54.2 Å². The number of rotatable bonds is 4. The van der Waals surface area contributed by atoms with Crippen LogP contribution in [0.1, 0.15) is 25.7 Å². The number of aromatic nitrogens is 3. The highest BCUT2D eigenvalue weighted by Gasteiger charge is 2.48. The quantitative estimate of drug-likeness (QED) is 0.662. The lowest BCUT2D eigenvalue weighted by Crippen LogP contribution is -2.41. The molecule has 3 aromatic rings. The molecule has 0 atom stereocenters. The SMILES string of the molecule is O=C(Nc1nc(-c2ccccn2)cs1)C1CCC2(CC1)CN(c1ccccn1)C(=O)O2. The molecule has 1 N–H and O–H groups in total. The monoisotopic (exact) mass is 435 g/mol. The average Bonchev–Trinajstić information content (AvgIpc) is 3.40. The number of hydrogen-bond donors (Lipinski definition) is 1. The zero-order valence-corrected chi connectivity index (χ0v) is 17.5. The summed E-state index contributed by atoms with van der Waals surface area (Å²) >= 11 is 1.39. The maximum atomic E-state index is 12.8. The molecule has 4 heterocycles. The van der Waals surface area contributed by atoms with Crippen molar-refractivity contribution in [2.45, 2.75) is 31.3 Å². The van der Waals surface area contributed by atoms with Crippen LogP contribution in [0, 0.1) is 5.92 Å². The third-order valence-corrected chi connectivity index (χ3v) is 6.58. The summed E-state index contributed by atoms with van der Waals surface area (Å²) in [6.45, 7) is 0.469. The number of ether oxygens (including phenoxy) is 1. The highest BCUT2D eigenvalue weighted by atomic mass is 32.1. The van der Waals surface area contributed by atoms with Gasteiger partial charge < -0.3 is 10.1 Å². The van der Waals surface area contributed by atoms with Gasteiger partial charge in [0, 0.05) is 23.7 Å². The molecule has 0 unspecified atom stereocenters. The fourth-order valence-corrected chi connectivity index (χ4v) is 4.86. The third kappa shape index (κ3) is 4.00. The lowest BCUT2D eigenvalue weighted by Gasteiger charge is -2.34. The predicted octanol–water partition coefficient (Wildman–Crippen LogP) is 4.12. The minimum atomic E-state index is -0.543. The van der Waals surface area contributed by atoms with Gasteiger partial charge in [0.15, 0.2) is 5.13 Å². The van der Waals surface area contributed by atoms with Gasteiger partial charge >= 0.3 is 6.09 Å². The zero-order chi connectivity index (χ0) is 21.3. The molecule has 0 aromatic carbocycles. The van der Waals surface area contributed by atoms with Gasteiger partial charge in [0.1, 0.15) is 17.1 Å². The summed E-state index contributed by atoms with van der Waals surface area (Å²) in [6, 6.07) is 11.1. The molecule has 1 aliphatic carbocycles. The predicted molar refractivity (Wildman–Crippen MR) is 117 cm³/mol. The van der Waals surface area contributed by atoms with E-state index in [1.807, 2.05) is 35.7 Å². The molecule has 158 valence electrons. The second kappa shape index (κ2) is 8.07. The highest BCUT2D eigenvalue weighted by Crippen LogP contribution is 2.40. The molecule has 31 heavy (non-hydrogen) atoms. The van der Waals surface area contributed by atoms with E-state index < -0.39 is 5.60 Å². The second-order valence-electron chi connectivity index (χ2n) is 7.84. The molecule has 3 aromatic heterocycles. The lowest BCUT2D eigenvalue weighted by atomic mass is 9.78. The summed E-state index contributed by atoms with van der Waals surface area (Å²) in [6.07, 6.45) is 5.63. The molecule has 2 fully saturated rings. The summed E-state index contributed by atoms with van der Waals surface area (Å²) in [5.74, 6) is 0.426. The van der Waals surface area contributed by atoms with Crippen LogP contribution in [0.25, 0.3) is 11.4 Å². The van der Waals surface area contributed by atoms with Crippen LogP contribution in [0.3, 0.4) is 0 Å². The number of carbonyl (C=O) groups is 2. The average molecular weight is 436 g/mol. The Morgan fingerprint density at radius 1 is 1.10 bits per heavy atom. The molecular formula is C22H21N5O3S. The molecule has 1 spiro atoms. The molecule has 2 aliphatic rings. The summed E-state index contributed by atoms with van der Waals surface area (Å²) in [7, 11) is 0. The largest absolute Gasteiger partial charge is 0.441 e. The Kier molecular flexibility index (Phi) is 5.11. The molecule has 1 aliphatic heterocycles. The molecular weight excluding hydrogens is 414 g/mol. The molecule has 0 radical (unpaired) electrons. The fourth-order valence-electron chi connectivity index (χ4n) is 4.15. The Bertz CT molecular complexity index is 1080. The van der Waals surface area contributed by atoms with E-state index in [1.165, 1.54) is 11.3 Å². The standard InChI is InChI=1S/C22H21N5O3S/c28-19(26-20-25-17(13-31-20)16-5-1-3-11-23-16)15-7-9-22(10-8-15)14-27(21(29)30-22)18-6-2-4-12-24-18/h1-6,11-13,15H,7-10,14H2,(H,25,26,28). The van der Waals surface area contributed by atoms with E-state index in [0.29, 0.717) is 43.2 Å². The van der Waals surface area contributed by atoms with Gasteiger partial charge in [-0.3, -0.25) is 14.7 Å². The van der Waals surface area contributed by atoms with Crippen LogP contribution in [-0.4, -0.2) is 39.1 Å². The van der Waals surface area contributed by atoms with Crippen molar-refractivity contribution in [1.29, 1.82) is 0 Å². The molecule has 1 saturated carbocycles. The number of pyridine rings is 2. The number of amides is 2. The van der Waals surface area contributed by atoms with Gasteiger partial charge in [-0.25, -0.2) is 14.8 Å². The first-order valence-electron chi connectivity index (χ1n) is 10.2. The lowest BCUT2D eigenvalue weighted by molar-refractivity contribution is -0.122. The van der Waals surface area contributed by atoms with Crippen LogP contribution in [0.2, 0.25) is 0 Å². The smallest absolute Gasteiger partial charge is 0.416 e. The Hall–Kier alpha value is -3.33. The number of thiazole rings is 1. The van der Waals surface area contributed by atoms with Crippen molar-refractivity contribution >= 4 is 34.3 Å². The van der Waals surface area contributed by atoms with Crippen molar-refractivity contribution in [1.82, 2.24) is 15.0 Å². The van der Waals surface area contributed by atoms with Crippen molar-refractivity contribution in [3.05, 3.63) is 54.2 Å². The van der Waals surface area contributed by atoms with Gasteiger partial charge in [-0.1, -0.05) is 12.1 Å². The van der Waals surface area contributed by atoms with Gasteiger partial charge in [-0.15, -0.1) is 11.3 Å². The number of nitrogens with zero attached hydrogens (tertiary/aromatic N) is 4. The molecule has 1 saturated heterocycles. The van der Waals surface area contributed by atoms with Crippen molar-refractivity contribution in [3.8, 4) is 11.4 Å². The maximum absolute atomic E-state index is 12.8. The Morgan fingerprint density at radius 3 is 2.58 bits per heavy atom. The van der Waals surface area contributed by atoms with Gasteiger partial charge in [0.25, 0.3) is 0 Å². The van der Waals surface area contributed by atoms with E-state index in [9.17, 15) is 9.59 Å². The van der Waals surface area contributed by atoms with Crippen molar-refractivity contribution in [2.75, 3.05) is 16.8 Å². The van der Waals surface area contributed by atoms with E-state index in [1.54, 1.807) is 23.4 Å². The Labute approximate surface area is 183 Å². The normalized spacial score (nSPS) is 23.0. The van der Waals surface area contributed by atoms with Crippen LogP contribution < -0.4 is 10.2 Å². The first-order chi connectivity index (χ1) is 15.1. The molecule has 9 heteroatoms. The van der Waals surface area contributed by atoms with Crippen LogP contribution in [0.4, 0.5) is 15.7 Å². The molecule has 0 bridgehead atoms. The third-order valence-electron chi connectivity index (χ3n) is 5.83. The van der Waals surface area contributed by atoms with E-state index in [2.05, 4.69) is 20.3 Å². The van der Waals surface area contributed by atoms with Gasteiger partial charge in [0.2, 0.25) is 5.91 Å². The Balaban J connectivity index is 1.19. The number of hydrogen-bond acceptors (Lipinski definition) is 7. The number of nitrogens with one attached hydrogen (secondary N) is 1. The van der Waals surface area contributed by atoms with Crippen LogP contribution in [-0.2, 0) is 9.53 Å². The zero-order valence-electron chi connectivity index (χ0n) is 16.7. The number of carbonyl (C=O) groups excluding carboxylic acids is 2. The molecule has 5 rings (SSSR count). The van der Waals surface area contributed by atoms with E-state index in [-0.39, 0.29) is 17.9 Å². The highest BCUT2D eigenvalue weighted by molar-refractivity contribution is 7.14. The topological polar surface area (TPSA) is 97.3 Å². The summed E-state index contributed by atoms with van der Waals surface area (Å²) in [5, 5.41) is 5.39. The van der Waals surface area contributed by atoms with E-state index in [4.69, 9.17) is 4.74 Å². The summed E-state index contributed by atoms with van der Waals surface area (Å²) in [5.41, 5.74) is 0.981. The van der Waals surface area contributed by atoms with Gasteiger partial charge in [-0.05, 0) is 49.9 Å². The summed E-state index contributed by atoms with van der Waals surface area (Å²) in [4.78, 5) is 39.8. The number of anilines is 2. The minimum Gasteiger partial charge on any atom is -0.441 e. The van der Waals surface area contributed by atoms with Crippen molar-refractivity contribution < 1.29 is 14.3 Å². The first-order valence-corrected chi connectivity index (χ1v) is 11.1. The minimum absolute atomic E-state index is 0.0392. The van der Waals surface area contributed by atoms with Crippen molar-refractivity contribution in [2.24, 2.45) is 5.92 Å². The second-order valence-corrected chi connectivity index (χ2v) is 8.70. The van der Waals surface area contributed by atoms with Gasteiger partial charge in [-0.2, -0.15) is 0 Å². The summed E-state index contributed by atoms with van der Waals surface area (Å²) < 4.78 is 5.75. The molecule has 2 amide bonds. The van der Waals surface area contributed by atoms with Gasteiger partial charge in [0.05, 0.1) is 12.2 Å². The van der Waals surface area contributed by atoms with Crippen LogP contribution >= 0.6 is 11.3 Å².